The summed E-state index contributed by atoms with van der Waals surface area (Å²) in [6, 6.07) is 6.58. The number of nitrogens with one attached hydrogen (secondary N) is 2. The first-order chi connectivity index (χ1) is 10.3. The topological polar surface area (TPSA) is 50.4 Å². The third-order valence-electron chi connectivity index (χ3n) is 5.28. The molecule has 0 bridgehead atoms. The predicted molar refractivity (Wildman–Crippen MR) is 80.7 cm³/mol. The van der Waals surface area contributed by atoms with Crippen molar-refractivity contribution in [3.8, 4) is 0 Å². The van der Waals surface area contributed by atoms with Gasteiger partial charge in [0.05, 0.1) is 0 Å². The van der Waals surface area contributed by atoms with E-state index in [0.717, 1.165) is 51.3 Å². The van der Waals surface area contributed by atoms with Gasteiger partial charge >= 0.3 is 0 Å². The number of benzene rings is 1. The summed E-state index contributed by atoms with van der Waals surface area (Å²) in [6.45, 7) is 4.46. The van der Waals surface area contributed by atoms with E-state index in [9.17, 15) is 4.79 Å². The molecule has 4 rings (SSSR count). The highest BCUT2D eigenvalue weighted by atomic mass is 16.5. The van der Waals surface area contributed by atoms with Gasteiger partial charge in [0.1, 0.15) is 0 Å². The Hall–Kier alpha value is -1.39. The number of hydrogen-bond donors (Lipinski definition) is 2. The van der Waals surface area contributed by atoms with E-state index >= 15 is 0 Å². The molecular formula is C17H22N2O2. The van der Waals surface area contributed by atoms with Gasteiger partial charge in [-0.2, -0.15) is 0 Å². The van der Waals surface area contributed by atoms with Crippen LogP contribution in [0.5, 0.6) is 0 Å². The minimum Gasteiger partial charge on any atom is -0.381 e. The van der Waals surface area contributed by atoms with Crippen molar-refractivity contribution in [2.24, 2.45) is 5.92 Å². The minimum absolute atomic E-state index is 0.105. The Morgan fingerprint density at radius 3 is 2.81 bits per heavy atom. The maximum atomic E-state index is 12.4. The lowest BCUT2D eigenvalue weighted by Gasteiger charge is -2.24. The van der Waals surface area contributed by atoms with Crippen LogP contribution in [0.3, 0.4) is 0 Å². The van der Waals surface area contributed by atoms with Crippen LogP contribution >= 0.6 is 0 Å². The Bertz CT molecular complexity index is 552. The molecule has 2 atom stereocenters. The number of amides is 1. The lowest BCUT2D eigenvalue weighted by molar-refractivity contribution is 0.0853. The summed E-state index contributed by atoms with van der Waals surface area (Å²) in [7, 11) is 0. The van der Waals surface area contributed by atoms with Crippen molar-refractivity contribution in [2.45, 2.75) is 24.7 Å². The summed E-state index contributed by atoms with van der Waals surface area (Å²) in [4.78, 5) is 12.4. The molecule has 0 aromatic heterocycles. The average molecular weight is 286 g/mol. The Kier molecular flexibility index (Phi) is 3.43. The van der Waals surface area contributed by atoms with E-state index in [2.05, 4.69) is 28.8 Å². The molecule has 0 radical (unpaired) electrons. The van der Waals surface area contributed by atoms with Gasteiger partial charge in [-0.25, -0.2) is 0 Å². The average Bonchev–Trinajstić information content (AvgIpc) is 2.96. The van der Waals surface area contributed by atoms with E-state index in [0.29, 0.717) is 17.8 Å². The van der Waals surface area contributed by atoms with Gasteiger partial charge in [0, 0.05) is 44.3 Å². The van der Waals surface area contributed by atoms with Crippen molar-refractivity contribution in [1.82, 2.24) is 10.6 Å². The maximum absolute atomic E-state index is 12.4. The second-order valence-corrected chi connectivity index (χ2v) is 6.47. The molecule has 112 valence electrons. The first-order valence-corrected chi connectivity index (χ1v) is 8.03. The lowest BCUT2D eigenvalue weighted by atomic mass is 9.84. The fraction of sp³-hybridized carbons (Fsp3) is 0.588. The zero-order chi connectivity index (χ0) is 14.2. The molecule has 2 N–H and O–H groups in total. The third-order valence-corrected chi connectivity index (χ3v) is 5.28. The van der Waals surface area contributed by atoms with Gasteiger partial charge in [0.2, 0.25) is 0 Å². The van der Waals surface area contributed by atoms with Crippen molar-refractivity contribution in [3.63, 3.8) is 0 Å². The SMILES string of the molecule is O=C1NCC2CNCC2c2ccc(C3CCOCC3)cc21. The van der Waals surface area contributed by atoms with Crippen LogP contribution in [0.2, 0.25) is 0 Å². The molecule has 2 saturated heterocycles. The second kappa shape index (κ2) is 5.43. The Labute approximate surface area is 125 Å². The molecule has 21 heavy (non-hydrogen) atoms. The molecule has 0 saturated carbocycles. The molecule has 0 spiro atoms. The van der Waals surface area contributed by atoms with Gasteiger partial charge in [-0.15, -0.1) is 0 Å². The zero-order valence-electron chi connectivity index (χ0n) is 12.2. The van der Waals surface area contributed by atoms with E-state index in [-0.39, 0.29) is 5.91 Å². The fourth-order valence-electron chi connectivity index (χ4n) is 4.01. The smallest absolute Gasteiger partial charge is 0.251 e. The van der Waals surface area contributed by atoms with Crippen LogP contribution in [-0.2, 0) is 4.74 Å². The third kappa shape index (κ3) is 2.36. The molecule has 3 aliphatic heterocycles. The normalized spacial score (nSPS) is 29.4. The highest BCUT2D eigenvalue weighted by molar-refractivity contribution is 5.96. The summed E-state index contributed by atoms with van der Waals surface area (Å²) in [5.74, 6) is 1.65. The standard InChI is InChI=1S/C17H22N2O2/c20-17-15-7-12(11-3-5-21-6-4-11)1-2-14(15)16-10-18-8-13(16)9-19-17/h1-2,7,11,13,16,18H,3-6,8-10H2,(H,19,20). The molecule has 1 aromatic carbocycles. The molecule has 3 heterocycles. The summed E-state index contributed by atoms with van der Waals surface area (Å²) in [5.41, 5.74) is 3.43. The van der Waals surface area contributed by atoms with Gasteiger partial charge in [0.25, 0.3) is 5.91 Å². The summed E-state index contributed by atoms with van der Waals surface area (Å²) in [5, 5.41) is 6.56. The number of carbonyl (C=O) groups is 1. The number of carbonyl (C=O) groups excluding carboxylic acids is 1. The molecule has 4 heteroatoms. The number of ether oxygens (including phenoxy) is 1. The summed E-state index contributed by atoms with van der Waals surface area (Å²) >= 11 is 0. The lowest BCUT2D eigenvalue weighted by Crippen LogP contribution is -2.28. The van der Waals surface area contributed by atoms with Crippen LogP contribution in [0.1, 0.15) is 46.2 Å². The number of rotatable bonds is 1. The van der Waals surface area contributed by atoms with Gasteiger partial charge in [-0.05, 0) is 41.9 Å². The molecule has 3 aliphatic rings. The van der Waals surface area contributed by atoms with Crippen molar-refractivity contribution >= 4 is 5.91 Å². The minimum atomic E-state index is 0.105. The molecule has 4 nitrogen and oxygen atoms in total. The zero-order valence-corrected chi connectivity index (χ0v) is 12.2. The Morgan fingerprint density at radius 1 is 1.10 bits per heavy atom. The highest BCUT2D eigenvalue weighted by Gasteiger charge is 2.34. The van der Waals surface area contributed by atoms with Crippen LogP contribution in [0.25, 0.3) is 0 Å². The van der Waals surface area contributed by atoms with Gasteiger partial charge in [-0.3, -0.25) is 4.79 Å². The quantitative estimate of drug-likeness (QED) is 0.825. The van der Waals surface area contributed by atoms with Crippen LogP contribution in [0.4, 0.5) is 0 Å². The molecule has 1 amide bonds. The second-order valence-electron chi connectivity index (χ2n) is 6.47. The van der Waals surface area contributed by atoms with Crippen molar-refractivity contribution < 1.29 is 9.53 Å². The Balaban J connectivity index is 1.70. The van der Waals surface area contributed by atoms with Crippen molar-refractivity contribution in [1.29, 1.82) is 0 Å². The Morgan fingerprint density at radius 2 is 1.95 bits per heavy atom. The van der Waals surface area contributed by atoms with E-state index < -0.39 is 0 Å². The largest absolute Gasteiger partial charge is 0.381 e. The number of fused-ring (bicyclic) bond motifs is 3. The molecule has 1 aromatic rings. The van der Waals surface area contributed by atoms with Crippen LogP contribution in [-0.4, -0.2) is 38.8 Å². The maximum Gasteiger partial charge on any atom is 0.251 e. The molecule has 2 fully saturated rings. The first kappa shape index (κ1) is 13.3. The van der Waals surface area contributed by atoms with E-state index in [1.54, 1.807) is 0 Å². The fourth-order valence-corrected chi connectivity index (χ4v) is 4.01. The molecule has 0 aliphatic carbocycles. The van der Waals surface area contributed by atoms with E-state index in [1.807, 2.05) is 0 Å². The van der Waals surface area contributed by atoms with Crippen molar-refractivity contribution in [3.05, 3.63) is 34.9 Å². The predicted octanol–water partition coefficient (Wildman–Crippen LogP) is 1.63. The van der Waals surface area contributed by atoms with E-state index in [1.165, 1.54) is 11.1 Å². The first-order valence-electron chi connectivity index (χ1n) is 8.03. The number of hydrogen-bond acceptors (Lipinski definition) is 3. The van der Waals surface area contributed by atoms with Gasteiger partial charge in [-0.1, -0.05) is 12.1 Å². The van der Waals surface area contributed by atoms with Crippen molar-refractivity contribution in [2.75, 3.05) is 32.8 Å². The highest BCUT2D eigenvalue weighted by Crippen LogP contribution is 2.35. The monoisotopic (exact) mass is 286 g/mol. The van der Waals surface area contributed by atoms with Crippen LogP contribution < -0.4 is 10.6 Å². The van der Waals surface area contributed by atoms with Gasteiger partial charge < -0.3 is 15.4 Å². The summed E-state index contributed by atoms with van der Waals surface area (Å²) in [6.07, 6.45) is 2.13. The van der Waals surface area contributed by atoms with E-state index in [4.69, 9.17) is 4.74 Å². The summed E-state index contributed by atoms with van der Waals surface area (Å²) < 4.78 is 5.44. The molecule has 2 unspecified atom stereocenters. The van der Waals surface area contributed by atoms with Crippen LogP contribution in [0.15, 0.2) is 18.2 Å². The van der Waals surface area contributed by atoms with Gasteiger partial charge in [0.15, 0.2) is 0 Å². The molecular weight excluding hydrogens is 264 g/mol. The van der Waals surface area contributed by atoms with Crippen LogP contribution in [0, 0.1) is 5.92 Å².